The van der Waals surface area contributed by atoms with Crippen LogP contribution in [0.1, 0.15) is 32.4 Å². The molecule has 1 atom stereocenters. The molecule has 1 fully saturated rings. The molecule has 0 aliphatic carbocycles. The van der Waals surface area contributed by atoms with Crippen molar-refractivity contribution in [2.45, 2.75) is 32.4 Å². The first kappa shape index (κ1) is 15.1. The summed E-state index contributed by atoms with van der Waals surface area (Å²) in [6.45, 7) is 7.63. The van der Waals surface area contributed by atoms with Gasteiger partial charge in [0.1, 0.15) is 5.60 Å². The van der Waals surface area contributed by atoms with Crippen molar-refractivity contribution in [2.75, 3.05) is 19.6 Å². The largest absolute Gasteiger partial charge is 0.444 e. The Morgan fingerprint density at radius 2 is 2.20 bits per heavy atom. The molecule has 1 aromatic carbocycles. The molecule has 1 amide bonds. The van der Waals surface area contributed by atoms with Gasteiger partial charge in [-0.3, -0.25) is 0 Å². The van der Waals surface area contributed by atoms with Gasteiger partial charge in [0.2, 0.25) is 0 Å². The molecule has 20 heavy (non-hydrogen) atoms. The van der Waals surface area contributed by atoms with E-state index in [1.807, 2.05) is 45.0 Å². The summed E-state index contributed by atoms with van der Waals surface area (Å²) in [4.78, 5) is 13.9. The topological polar surface area (TPSA) is 41.6 Å². The second-order valence-electron chi connectivity index (χ2n) is 5.99. The summed E-state index contributed by atoms with van der Waals surface area (Å²) in [6.07, 6.45) is -0.258. The molecule has 0 spiro atoms. The van der Waals surface area contributed by atoms with Gasteiger partial charge in [0.15, 0.2) is 0 Å². The molecule has 110 valence electrons. The van der Waals surface area contributed by atoms with E-state index in [4.69, 9.17) is 16.3 Å². The Hall–Kier alpha value is -1.26. The maximum Gasteiger partial charge on any atom is 0.410 e. The summed E-state index contributed by atoms with van der Waals surface area (Å²) in [5.74, 6) is 0. The summed E-state index contributed by atoms with van der Waals surface area (Å²) in [5, 5.41) is 4.11. The van der Waals surface area contributed by atoms with Crippen LogP contribution in [0.25, 0.3) is 0 Å². The van der Waals surface area contributed by atoms with E-state index in [0.29, 0.717) is 18.1 Å². The van der Waals surface area contributed by atoms with Crippen LogP contribution in [0.2, 0.25) is 5.02 Å². The van der Waals surface area contributed by atoms with Crippen molar-refractivity contribution in [1.29, 1.82) is 0 Å². The third-order valence-corrected chi connectivity index (χ3v) is 3.31. The third kappa shape index (κ3) is 4.12. The molecular weight excluding hydrogens is 276 g/mol. The average molecular weight is 297 g/mol. The highest BCUT2D eigenvalue weighted by molar-refractivity contribution is 6.30. The molecule has 1 heterocycles. The van der Waals surface area contributed by atoms with Crippen molar-refractivity contribution in [3.8, 4) is 0 Å². The van der Waals surface area contributed by atoms with Crippen LogP contribution in [-0.2, 0) is 4.74 Å². The van der Waals surface area contributed by atoms with Crippen LogP contribution in [0, 0.1) is 0 Å². The van der Waals surface area contributed by atoms with E-state index in [1.165, 1.54) is 0 Å². The van der Waals surface area contributed by atoms with Gasteiger partial charge in [0.25, 0.3) is 0 Å². The number of rotatable bonds is 1. The van der Waals surface area contributed by atoms with E-state index in [0.717, 1.165) is 12.1 Å². The minimum absolute atomic E-state index is 0.0926. The van der Waals surface area contributed by atoms with Crippen LogP contribution < -0.4 is 5.32 Å². The van der Waals surface area contributed by atoms with Crippen molar-refractivity contribution in [3.05, 3.63) is 34.9 Å². The standard InChI is InChI=1S/C15H21ClN2O2/c1-15(2,3)20-14(19)18-8-7-17-13(10-18)11-5-4-6-12(16)9-11/h4-6,9,13,17H,7-8,10H2,1-3H3/t13-/m1/s1. The first-order valence-electron chi connectivity index (χ1n) is 6.82. The lowest BCUT2D eigenvalue weighted by Gasteiger charge is -2.35. The number of carbonyl (C=O) groups is 1. The van der Waals surface area contributed by atoms with Crippen LogP contribution >= 0.6 is 11.6 Å². The molecule has 0 radical (unpaired) electrons. The quantitative estimate of drug-likeness (QED) is 0.865. The van der Waals surface area contributed by atoms with Crippen molar-refractivity contribution >= 4 is 17.7 Å². The Labute approximate surface area is 125 Å². The van der Waals surface area contributed by atoms with Crippen LogP contribution in [0.15, 0.2) is 24.3 Å². The highest BCUT2D eigenvalue weighted by atomic mass is 35.5. The summed E-state index contributed by atoms with van der Waals surface area (Å²) in [5.41, 5.74) is 0.624. The second-order valence-corrected chi connectivity index (χ2v) is 6.42. The molecule has 1 N–H and O–H groups in total. The van der Waals surface area contributed by atoms with Gasteiger partial charge in [0.05, 0.1) is 6.04 Å². The number of amides is 1. The van der Waals surface area contributed by atoms with Crippen molar-refractivity contribution < 1.29 is 9.53 Å². The van der Waals surface area contributed by atoms with E-state index in [2.05, 4.69) is 5.32 Å². The first-order valence-corrected chi connectivity index (χ1v) is 7.20. The van der Waals surface area contributed by atoms with E-state index in [-0.39, 0.29) is 12.1 Å². The molecule has 2 rings (SSSR count). The highest BCUT2D eigenvalue weighted by Gasteiger charge is 2.27. The lowest BCUT2D eigenvalue weighted by Crippen LogP contribution is -2.49. The average Bonchev–Trinajstić information content (AvgIpc) is 2.37. The lowest BCUT2D eigenvalue weighted by atomic mass is 10.0. The summed E-state index contributed by atoms with van der Waals surface area (Å²) in [7, 11) is 0. The number of halogens is 1. The molecule has 1 aromatic rings. The van der Waals surface area contributed by atoms with Gasteiger partial charge in [-0.15, -0.1) is 0 Å². The number of nitrogens with one attached hydrogen (secondary N) is 1. The SMILES string of the molecule is CC(C)(C)OC(=O)N1CCN[C@@H](c2cccc(Cl)c2)C1. The van der Waals surface area contributed by atoms with Gasteiger partial charge in [-0.2, -0.15) is 0 Å². The Balaban J connectivity index is 2.03. The minimum atomic E-state index is -0.465. The Bertz CT molecular complexity index is 485. The number of hydrogen-bond acceptors (Lipinski definition) is 3. The minimum Gasteiger partial charge on any atom is -0.444 e. The van der Waals surface area contributed by atoms with Crippen LogP contribution in [-0.4, -0.2) is 36.2 Å². The Kier molecular flexibility index (Phi) is 4.55. The molecule has 4 nitrogen and oxygen atoms in total. The van der Waals surface area contributed by atoms with Crippen molar-refractivity contribution in [3.63, 3.8) is 0 Å². The predicted octanol–water partition coefficient (Wildman–Crippen LogP) is 3.22. The number of benzene rings is 1. The summed E-state index contributed by atoms with van der Waals surface area (Å²) >= 11 is 6.02. The fraction of sp³-hybridized carbons (Fsp3) is 0.533. The van der Waals surface area contributed by atoms with Gasteiger partial charge < -0.3 is 15.0 Å². The normalized spacial score (nSPS) is 19.8. The molecular formula is C15H21ClN2O2. The number of nitrogens with zero attached hydrogens (tertiary/aromatic N) is 1. The van der Waals surface area contributed by atoms with Crippen LogP contribution in [0.5, 0.6) is 0 Å². The molecule has 0 bridgehead atoms. The molecule has 1 aliphatic rings. The zero-order chi connectivity index (χ0) is 14.8. The van der Waals surface area contributed by atoms with Crippen LogP contribution in [0.4, 0.5) is 4.79 Å². The van der Waals surface area contributed by atoms with Gasteiger partial charge in [-0.1, -0.05) is 23.7 Å². The van der Waals surface area contributed by atoms with E-state index in [9.17, 15) is 4.79 Å². The maximum absolute atomic E-state index is 12.1. The van der Waals surface area contributed by atoms with Crippen molar-refractivity contribution in [2.24, 2.45) is 0 Å². The molecule has 1 saturated heterocycles. The fourth-order valence-electron chi connectivity index (χ4n) is 2.19. The number of carbonyl (C=O) groups excluding carboxylic acids is 1. The smallest absolute Gasteiger partial charge is 0.410 e. The van der Waals surface area contributed by atoms with E-state index < -0.39 is 5.60 Å². The van der Waals surface area contributed by atoms with Crippen LogP contribution in [0.3, 0.4) is 0 Å². The highest BCUT2D eigenvalue weighted by Crippen LogP contribution is 2.21. The number of hydrogen-bond donors (Lipinski definition) is 1. The second kappa shape index (κ2) is 6.02. The molecule has 5 heteroatoms. The van der Waals surface area contributed by atoms with Gasteiger partial charge in [-0.25, -0.2) is 4.79 Å². The third-order valence-electron chi connectivity index (χ3n) is 3.08. The Morgan fingerprint density at radius 1 is 1.45 bits per heavy atom. The molecule has 0 aromatic heterocycles. The van der Waals surface area contributed by atoms with Gasteiger partial charge in [-0.05, 0) is 38.5 Å². The summed E-state index contributed by atoms with van der Waals surface area (Å²) in [6, 6.07) is 7.81. The molecule has 0 unspecified atom stereocenters. The fourth-order valence-corrected chi connectivity index (χ4v) is 2.39. The van der Waals surface area contributed by atoms with Crippen molar-refractivity contribution in [1.82, 2.24) is 10.2 Å². The zero-order valence-electron chi connectivity index (χ0n) is 12.1. The number of piperazine rings is 1. The predicted molar refractivity (Wildman–Crippen MR) is 80.0 cm³/mol. The summed E-state index contributed by atoms with van der Waals surface area (Å²) < 4.78 is 5.42. The van der Waals surface area contributed by atoms with E-state index in [1.54, 1.807) is 4.90 Å². The first-order chi connectivity index (χ1) is 9.35. The molecule has 1 aliphatic heterocycles. The maximum atomic E-state index is 12.1. The number of ether oxygens (including phenoxy) is 1. The lowest BCUT2D eigenvalue weighted by molar-refractivity contribution is 0.0195. The molecule has 0 saturated carbocycles. The monoisotopic (exact) mass is 296 g/mol. The van der Waals surface area contributed by atoms with E-state index >= 15 is 0 Å². The van der Waals surface area contributed by atoms with Gasteiger partial charge >= 0.3 is 6.09 Å². The Morgan fingerprint density at radius 3 is 2.85 bits per heavy atom. The zero-order valence-corrected chi connectivity index (χ0v) is 12.9. The van der Waals surface area contributed by atoms with Gasteiger partial charge in [0, 0.05) is 24.7 Å².